The van der Waals surface area contributed by atoms with Crippen LogP contribution in [-0.2, 0) is 0 Å². The fourth-order valence-corrected chi connectivity index (χ4v) is 1.87. The Bertz CT molecular complexity index is 210. The largest absolute Gasteiger partial charge is 0.103 e. The Morgan fingerprint density at radius 1 is 0.611 bits per heavy atom. The fourth-order valence-electron chi connectivity index (χ4n) is 1.87. The molecule has 104 valence electrons. The van der Waals surface area contributed by atoms with E-state index in [1.165, 1.54) is 64.2 Å². The van der Waals surface area contributed by atoms with Gasteiger partial charge in [-0.2, -0.15) is 0 Å². The van der Waals surface area contributed by atoms with Gasteiger partial charge in [-0.3, -0.25) is 0 Å². The molecule has 0 aromatic heterocycles. The van der Waals surface area contributed by atoms with Crippen LogP contribution >= 0.6 is 0 Å². The van der Waals surface area contributed by atoms with Crippen LogP contribution in [0.2, 0.25) is 0 Å². The van der Waals surface area contributed by atoms with Gasteiger partial charge in [-0.05, 0) is 57.8 Å². The third kappa shape index (κ3) is 15.2. The summed E-state index contributed by atoms with van der Waals surface area (Å²) in [6.07, 6.45) is 25.5. The average Bonchev–Trinajstić information content (AvgIpc) is 2.39. The fraction of sp³-hybridized carbons (Fsp3) is 0.667. The molecular weight excluding hydrogens is 216 g/mol. The third-order valence-corrected chi connectivity index (χ3v) is 3.08. The molecule has 0 heterocycles. The van der Waals surface area contributed by atoms with Gasteiger partial charge in [0.25, 0.3) is 0 Å². The Kier molecular flexibility index (Phi) is 15.5. The SMILES string of the molecule is C=CCCCC/C=C/CCCC/C=C/CCCC. The van der Waals surface area contributed by atoms with Crippen molar-refractivity contribution in [2.45, 2.75) is 77.6 Å². The molecule has 0 heteroatoms. The van der Waals surface area contributed by atoms with Crippen molar-refractivity contribution in [1.29, 1.82) is 0 Å². The van der Waals surface area contributed by atoms with Crippen LogP contribution in [0.3, 0.4) is 0 Å². The minimum Gasteiger partial charge on any atom is -0.103 e. The predicted molar refractivity (Wildman–Crippen MR) is 84.9 cm³/mol. The lowest BCUT2D eigenvalue weighted by molar-refractivity contribution is 0.743. The number of unbranched alkanes of at least 4 members (excludes halogenated alkanes) is 8. The van der Waals surface area contributed by atoms with E-state index in [2.05, 4.69) is 37.8 Å². The minimum absolute atomic E-state index is 1.16. The summed E-state index contributed by atoms with van der Waals surface area (Å²) >= 11 is 0. The zero-order valence-electron chi connectivity index (χ0n) is 12.4. The summed E-state index contributed by atoms with van der Waals surface area (Å²) in [4.78, 5) is 0. The first-order valence-electron chi connectivity index (χ1n) is 7.82. The molecule has 0 saturated carbocycles. The highest BCUT2D eigenvalue weighted by molar-refractivity contribution is 4.84. The van der Waals surface area contributed by atoms with E-state index < -0.39 is 0 Å². The van der Waals surface area contributed by atoms with Gasteiger partial charge >= 0.3 is 0 Å². The van der Waals surface area contributed by atoms with Crippen LogP contribution in [0.1, 0.15) is 77.6 Å². The van der Waals surface area contributed by atoms with Gasteiger partial charge < -0.3 is 0 Å². The molecular formula is C18H32. The van der Waals surface area contributed by atoms with Gasteiger partial charge in [-0.15, -0.1) is 6.58 Å². The van der Waals surface area contributed by atoms with E-state index in [0.717, 1.165) is 6.42 Å². The maximum atomic E-state index is 3.74. The van der Waals surface area contributed by atoms with Gasteiger partial charge in [-0.1, -0.05) is 50.1 Å². The van der Waals surface area contributed by atoms with Crippen molar-refractivity contribution in [2.24, 2.45) is 0 Å². The van der Waals surface area contributed by atoms with Gasteiger partial charge in [-0.25, -0.2) is 0 Å². The molecule has 0 nitrogen and oxygen atoms in total. The molecule has 0 saturated heterocycles. The first kappa shape index (κ1) is 17.2. The number of hydrogen-bond acceptors (Lipinski definition) is 0. The molecule has 0 spiro atoms. The molecule has 18 heavy (non-hydrogen) atoms. The van der Waals surface area contributed by atoms with Gasteiger partial charge in [0.15, 0.2) is 0 Å². The molecule has 0 aliphatic heterocycles. The molecule has 0 unspecified atom stereocenters. The zero-order chi connectivity index (χ0) is 13.3. The standard InChI is InChI=1S/C18H32/c1-3-5-7-9-11-13-15-17-18-16-14-12-10-8-6-4-2/h3,10,12-13,15H,1,4-9,11,14,16-18H2,2H3/b12-10+,15-13+. The maximum Gasteiger partial charge on any atom is -0.0351 e. The maximum absolute atomic E-state index is 3.74. The van der Waals surface area contributed by atoms with E-state index >= 15 is 0 Å². The molecule has 0 fully saturated rings. The summed E-state index contributed by atoms with van der Waals surface area (Å²) < 4.78 is 0. The van der Waals surface area contributed by atoms with Crippen LogP contribution in [0.25, 0.3) is 0 Å². The monoisotopic (exact) mass is 248 g/mol. The third-order valence-electron chi connectivity index (χ3n) is 3.08. The lowest BCUT2D eigenvalue weighted by Gasteiger charge is -1.95. The Labute approximate surface area is 115 Å². The predicted octanol–water partition coefficient (Wildman–Crippen LogP) is 6.60. The molecule has 0 amide bonds. The molecule has 0 aromatic carbocycles. The molecule has 0 rings (SSSR count). The Balaban J connectivity index is 3.12. The summed E-state index contributed by atoms with van der Waals surface area (Å²) in [7, 11) is 0. The molecule has 0 bridgehead atoms. The second kappa shape index (κ2) is 16.2. The lowest BCUT2D eigenvalue weighted by atomic mass is 10.1. The van der Waals surface area contributed by atoms with Crippen molar-refractivity contribution in [1.82, 2.24) is 0 Å². The van der Waals surface area contributed by atoms with E-state index in [1.807, 2.05) is 6.08 Å². The van der Waals surface area contributed by atoms with Gasteiger partial charge in [0, 0.05) is 0 Å². The zero-order valence-corrected chi connectivity index (χ0v) is 12.4. The second-order valence-corrected chi connectivity index (χ2v) is 4.94. The Hall–Kier alpha value is -0.780. The lowest BCUT2D eigenvalue weighted by Crippen LogP contribution is -1.75. The van der Waals surface area contributed by atoms with Gasteiger partial charge in [0.2, 0.25) is 0 Å². The van der Waals surface area contributed by atoms with Crippen LogP contribution in [0.5, 0.6) is 0 Å². The van der Waals surface area contributed by atoms with Crippen molar-refractivity contribution >= 4 is 0 Å². The quantitative estimate of drug-likeness (QED) is 0.254. The van der Waals surface area contributed by atoms with Crippen LogP contribution < -0.4 is 0 Å². The van der Waals surface area contributed by atoms with E-state index in [9.17, 15) is 0 Å². The summed E-state index contributed by atoms with van der Waals surface area (Å²) in [5.74, 6) is 0. The van der Waals surface area contributed by atoms with Crippen molar-refractivity contribution in [3.05, 3.63) is 37.0 Å². The molecule has 0 aromatic rings. The van der Waals surface area contributed by atoms with Crippen LogP contribution in [0.4, 0.5) is 0 Å². The summed E-state index contributed by atoms with van der Waals surface area (Å²) in [5, 5.41) is 0. The van der Waals surface area contributed by atoms with Crippen molar-refractivity contribution in [3.8, 4) is 0 Å². The van der Waals surface area contributed by atoms with E-state index in [1.54, 1.807) is 0 Å². The molecule has 0 atom stereocenters. The average molecular weight is 248 g/mol. The Morgan fingerprint density at radius 2 is 1.00 bits per heavy atom. The van der Waals surface area contributed by atoms with E-state index in [4.69, 9.17) is 0 Å². The summed E-state index contributed by atoms with van der Waals surface area (Å²) in [6.45, 7) is 5.98. The number of rotatable bonds is 13. The Morgan fingerprint density at radius 3 is 1.39 bits per heavy atom. The van der Waals surface area contributed by atoms with Gasteiger partial charge in [0.1, 0.15) is 0 Å². The normalized spacial score (nSPS) is 11.6. The van der Waals surface area contributed by atoms with Crippen LogP contribution in [-0.4, -0.2) is 0 Å². The first-order chi connectivity index (χ1) is 8.91. The van der Waals surface area contributed by atoms with Crippen molar-refractivity contribution in [2.75, 3.05) is 0 Å². The first-order valence-corrected chi connectivity index (χ1v) is 7.82. The summed E-state index contributed by atoms with van der Waals surface area (Å²) in [6, 6.07) is 0. The molecule has 0 radical (unpaired) electrons. The van der Waals surface area contributed by atoms with Crippen LogP contribution in [0, 0.1) is 0 Å². The molecule has 0 aliphatic carbocycles. The molecule has 0 aliphatic rings. The number of allylic oxidation sites excluding steroid dienone is 5. The van der Waals surface area contributed by atoms with Crippen molar-refractivity contribution in [3.63, 3.8) is 0 Å². The minimum atomic E-state index is 1.16. The van der Waals surface area contributed by atoms with Crippen molar-refractivity contribution < 1.29 is 0 Å². The highest BCUT2D eigenvalue weighted by Gasteiger charge is 1.85. The molecule has 0 N–H and O–H groups in total. The van der Waals surface area contributed by atoms with Crippen LogP contribution in [0.15, 0.2) is 37.0 Å². The van der Waals surface area contributed by atoms with E-state index in [-0.39, 0.29) is 0 Å². The van der Waals surface area contributed by atoms with Gasteiger partial charge in [0.05, 0.1) is 0 Å². The summed E-state index contributed by atoms with van der Waals surface area (Å²) in [5.41, 5.74) is 0. The smallest absolute Gasteiger partial charge is 0.0351 e. The van der Waals surface area contributed by atoms with E-state index in [0.29, 0.717) is 0 Å². The highest BCUT2D eigenvalue weighted by atomic mass is 13.9. The number of hydrogen-bond donors (Lipinski definition) is 0. The topological polar surface area (TPSA) is 0 Å². The highest BCUT2D eigenvalue weighted by Crippen LogP contribution is 2.05. The second-order valence-electron chi connectivity index (χ2n) is 4.94.